The molecular formula is C42H57N7O12. The van der Waals surface area contributed by atoms with Crippen LogP contribution in [0.15, 0.2) is 60.7 Å². The summed E-state index contributed by atoms with van der Waals surface area (Å²) >= 11 is 0. The molecule has 2 aromatic carbocycles. The number of nitrogens with zero attached hydrogens (tertiary/aromatic N) is 1. The largest absolute Gasteiger partial charge is 0.481 e. The van der Waals surface area contributed by atoms with Crippen molar-refractivity contribution in [2.75, 3.05) is 26.2 Å². The zero-order chi connectivity index (χ0) is 44.9. The molecule has 0 spiro atoms. The first kappa shape index (κ1) is 49.0. The predicted octanol–water partition coefficient (Wildman–Crippen LogP) is 0.998. The van der Waals surface area contributed by atoms with Crippen LogP contribution in [0.3, 0.4) is 0 Å². The number of alkyl carbamates (subject to hydrolysis) is 1. The van der Waals surface area contributed by atoms with Crippen molar-refractivity contribution in [2.24, 2.45) is 11.7 Å². The number of carboxylic acid groups (broad SMARTS) is 1. The maximum atomic E-state index is 14.3. The lowest BCUT2D eigenvalue weighted by Crippen LogP contribution is -2.56. The molecule has 61 heavy (non-hydrogen) atoms. The lowest BCUT2D eigenvalue weighted by molar-refractivity contribution is -0.143. The molecule has 8 N–H and O–H groups in total. The second kappa shape index (κ2) is 25.3. The van der Waals surface area contributed by atoms with Crippen LogP contribution < -0.4 is 32.3 Å². The highest BCUT2D eigenvalue weighted by Crippen LogP contribution is 2.24. The molecule has 1 heterocycles. The minimum Gasteiger partial charge on any atom is -0.481 e. The summed E-state index contributed by atoms with van der Waals surface area (Å²) in [6.07, 6.45) is -1.59. The molecule has 1 fully saturated rings. The lowest BCUT2D eigenvalue weighted by atomic mass is 10.0. The molecule has 1 saturated heterocycles. The number of likely N-dealkylation sites (tertiary alicyclic amines) is 1. The van der Waals surface area contributed by atoms with Crippen LogP contribution in [0.4, 0.5) is 4.79 Å². The SMILES string of the molecule is CCCC(NC(=O)[C@@H]1C[C@@H](OCc2ccccc2)CN1C(=O)C(CCCNC(=O)CCC(=O)O)NC(=O)OCC(C)C)C(=O)C(=O)NCC(=O)N[C@H](C(N)=O)c1ccccc1. The summed E-state index contributed by atoms with van der Waals surface area (Å²) < 4.78 is 11.4. The normalized spacial score (nSPS) is 16.0. The molecule has 1 aliphatic rings. The highest BCUT2D eigenvalue weighted by Gasteiger charge is 2.43. The van der Waals surface area contributed by atoms with Gasteiger partial charge in [0.1, 0.15) is 18.1 Å². The molecule has 0 aromatic heterocycles. The molecule has 0 radical (unpaired) electrons. The van der Waals surface area contributed by atoms with E-state index in [0.717, 1.165) is 5.56 Å². The third kappa shape index (κ3) is 17.0. The summed E-state index contributed by atoms with van der Waals surface area (Å²) in [7, 11) is 0. The zero-order valence-electron chi connectivity index (χ0n) is 34.7. The topological polar surface area (TPSA) is 282 Å². The summed E-state index contributed by atoms with van der Waals surface area (Å²) in [5.41, 5.74) is 6.72. The summed E-state index contributed by atoms with van der Waals surface area (Å²) in [5.74, 6) is -6.95. The van der Waals surface area contributed by atoms with Crippen molar-refractivity contribution in [1.82, 2.24) is 31.5 Å². The second-order valence-corrected chi connectivity index (χ2v) is 14.9. The van der Waals surface area contributed by atoms with Crippen LogP contribution in [0.1, 0.15) is 82.9 Å². The fourth-order valence-electron chi connectivity index (χ4n) is 6.33. The number of amides is 7. The van der Waals surface area contributed by atoms with E-state index in [4.69, 9.17) is 20.3 Å². The fourth-order valence-corrected chi connectivity index (χ4v) is 6.33. The van der Waals surface area contributed by atoms with Crippen molar-refractivity contribution < 1.29 is 57.7 Å². The van der Waals surface area contributed by atoms with Crippen molar-refractivity contribution in [3.8, 4) is 0 Å². The minimum absolute atomic E-state index is 0.00357. The van der Waals surface area contributed by atoms with E-state index in [1.54, 1.807) is 37.3 Å². The van der Waals surface area contributed by atoms with Gasteiger partial charge in [0.25, 0.3) is 5.91 Å². The van der Waals surface area contributed by atoms with E-state index < -0.39 is 90.1 Å². The Morgan fingerprint density at radius 1 is 0.836 bits per heavy atom. The predicted molar refractivity (Wildman–Crippen MR) is 219 cm³/mol. The number of nitrogens with two attached hydrogens (primary N) is 1. The van der Waals surface area contributed by atoms with Gasteiger partial charge < -0.3 is 51.8 Å². The Balaban J connectivity index is 1.77. The second-order valence-electron chi connectivity index (χ2n) is 14.9. The van der Waals surface area contributed by atoms with Crippen LogP contribution in [-0.2, 0) is 54.4 Å². The Bertz CT molecular complexity index is 1830. The highest BCUT2D eigenvalue weighted by atomic mass is 16.5. The molecule has 2 aromatic rings. The maximum absolute atomic E-state index is 14.3. The first-order chi connectivity index (χ1) is 29.1. The van der Waals surface area contributed by atoms with Gasteiger partial charge in [0, 0.05) is 25.9 Å². The molecule has 19 nitrogen and oxygen atoms in total. The number of Topliss-reactive ketones (excluding diaryl/α,β-unsaturated/α-hetero) is 1. The Kier molecular flexibility index (Phi) is 20.3. The number of carbonyl (C=O) groups excluding carboxylic acids is 8. The highest BCUT2D eigenvalue weighted by molar-refractivity contribution is 6.38. The van der Waals surface area contributed by atoms with Crippen molar-refractivity contribution in [3.05, 3.63) is 71.8 Å². The number of hydrogen-bond donors (Lipinski definition) is 7. The van der Waals surface area contributed by atoms with Gasteiger partial charge in [-0.25, -0.2) is 4.79 Å². The molecule has 332 valence electrons. The van der Waals surface area contributed by atoms with Gasteiger partial charge in [0.2, 0.25) is 35.3 Å². The van der Waals surface area contributed by atoms with Gasteiger partial charge in [-0.3, -0.25) is 38.4 Å². The summed E-state index contributed by atoms with van der Waals surface area (Å²) in [5, 5.41) is 21.3. The molecule has 5 atom stereocenters. The van der Waals surface area contributed by atoms with Gasteiger partial charge in [-0.1, -0.05) is 87.9 Å². The Hall–Kier alpha value is -6.37. The van der Waals surface area contributed by atoms with E-state index in [2.05, 4.69) is 26.6 Å². The van der Waals surface area contributed by atoms with E-state index in [1.807, 2.05) is 44.2 Å². The van der Waals surface area contributed by atoms with Crippen LogP contribution in [0.2, 0.25) is 0 Å². The number of rotatable bonds is 25. The molecule has 0 bridgehead atoms. The van der Waals surface area contributed by atoms with Gasteiger partial charge in [0.05, 0.1) is 38.3 Å². The van der Waals surface area contributed by atoms with E-state index >= 15 is 0 Å². The summed E-state index contributed by atoms with van der Waals surface area (Å²) in [4.78, 5) is 117. The third-order valence-corrected chi connectivity index (χ3v) is 9.44. The number of carboxylic acids is 1. The standard InChI is InChI=1S/C42H57N7O12/c1-4-12-30(37(54)40(57)45-22-34(51)48-36(38(43)55)28-15-9-6-10-16-28)46-39(56)32-21-29(60-25-27-13-7-5-8-14-27)23-49(32)41(58)31(47-42(59)61-24-26(2)3)17-11-20-44-33(50)18-19-35(52)53/h5-10,13-16,26,29-32,36H,4,11-12,17-25H2,1-3H3,(H2,43,55)(H,44,50)(H,45,57)(H,46,56)(H,47,59)(H,48,51)(H,52,53)/t29-,30?,31?,32+,36+/m1/s1. The number of carbonyl (C=O) groups is 9. The molecular weight excluding hydrogens is 794 g/mol. The van der Waals surface area contributed by atoms with Crippen LogP contribution in [0.25, 0.3) is 0 Å². The smallest absolute Gasteiger partial charge is 0.407 e. The number of hydrogen-bond acceptors (Lipinski definition) is 11. The van der Waals surface area contributed by atoms with Gasteiger partial charge in [-0.15, -0.1) is 0 Å². The number of nitrogens with one attached hydrogen (secondary N) is 5. The fraction of sp³-hybridized carbons (Fsp3) is 0.500. The summed E-state index contributed by atoms with van der Waals surface area (Å²) in [6, 6.07) is 12.4. The van der Waals surface area contributed by atoms with Crippen LogP contribution >= 0.6 is 0 Å². The molecule has 1 aliphatic heterocycles. The van der Waals surface area contributed by atoms with Crippen molar-refractivity contribution >= 4 is 53.3 Å². The Morgan fingerprint density at radius 2 is 1.51 bits per heavy atom. The molecule has 3 rings (SSSR count). The van der Waals surface area contributed by atoms with Crippen molar-refractivity contribution in [1.29, 1.82) is 0 Å². The third-order valence-electron chi connectivity index (χ3n) is 9.44. The lowest BCUT2D eigenvalue weighted by Gasteiger charge is -2.29. The Morgan fingerprint density at radius 3 is 2.13 bits per heavy atom. The van der Waals surface area contributed by atoms with E-state index in [-0.39, 0.29) is 70.7 Å². The van der Waals surface area contributed by atoms with Gasteiger partial charge in [-0.2, -0.15) is 0 Å². The van der Waals surface area contributed by atoms with Crippen molar-refractivity contribution in [2.45, 2.75) is 103 Å². The van der Waals surface area contributed by atoms with Crippen LogP contribution in [-0.4, -0.2) is 114 Å². The number of ether oxygens (including phenoxy) is 2. The van der Waals surface area contributed by atoms with Crippen molar-refractivity contribution in [3.63, 3.8) is 0 Å². The van der Waals surface area contributed by atoms with Crippen LogP contribution in [0.5, 0.6) is 0 Å². The average Bonchev–Trinajstić information content (AvgIpc) is 3.68. The quantitative estimate of drug-likeness (QED) is 0.0544. The Labute approximate surface area is 354 Å². The van der Waals surface area contributed by atoms with E-state index in [9.17, 15) is 43.2 Å². The van der Waals surface area contributed by atoms with E-state index in [0.29, 0.717) is 12.0 Å². The first-order valence-electron chi connectivity index (χ1n) is 20.2. The van der Waals surface area contributed by atoms with Gasteiger partial charge >= 0.3 is 12.1 Å². The monoisotopic (exact) mass is 851 g/mol. The molecule has 7 amide bonds. The minimum atomic E-state index is -1.35. The summed E-state index contributed by atoms with van der Waals surface area (Å²) in [6.45, 7) is 4.90. The van der Waals surface area contributed by atoms with E-state index in [1.165, 1.54) is 4.90 Å². The number of ketones is 1. The number of primary amides is 1. The van der Waals surface area contributed by atoms with Gasteiger partial charge in [-0.05, 0) is 36.3 Å². The average molecular weight is 852 g/mol. The molecule has 2 unspecified atom stereocenters. The number of benzene rings is 2. The maximum Gasteiger partial charge on any atom is 0.407 e. The molecule has 19 heteroatoms. The number of aliphatic carboxylic acids is 1. The first-order valence-corrected chi connectivity index (χ1v) is 20.2. The van der Waals surface area contributed by atoms with Gasteiger partial charge in [0.15, 0.2) is 0 Å². The molecule has 0 saturated carbocycles. The zero-order valence-corrected chi connectivity index (χ0v) is 34.7. The van der Waals surface area contributed by atoms with Crippen LogP contribution in [0, 0.1) is 5.92 Å². The molecule has 0 aliphatic carbocycles.